The van der Waals surface area contributed by atoms with Gasteiger partial charge in [-0.2, -0.15) is 5.26 Å². The second-order valence-corrected chi connectivity index (χ2v) is 4.29. The quantitative estimate of drug-likeness (QED) is 0.784. The molecule has 0 aliphatic rings. The number of rotatable bonds is 3. The molecule has 5 nitrogen and oxygen atoms in total. The molecule has 0 unspecified atom stereocenters. The number of para-hydroxylation sites is 1. The first-order valence-electron chi connectivity index (χ1n) is 6.17. The van der Waals surface area contributed by atoms with E-state index in [9.17, 15) is 0 Å². The molecule has 20 heavy (non-hydrogen) atoms. The highest BCUT2D eigenvalue weighted by Crippen LogP contribution is 2.10. The maximum Gasteiger partial charge on any atom is 0.243 e. The van der Waals surface area contributed by atoms with E-state index in [-0.39, 0.29) is 0 Å². The second kappa shape index (κ2) is 5.33. The zero-order valence-electron chi connectivity index (χ0n) is 10.6. The van der Waals surface area contributed by atoms with Gasteiger partial charge in [-0.1, -0.05) is 24.3 Å². The smallest absolute Gasteiger partial charge is 0.243 e. The Bertz CT molecular complexity index is 774. The molecule has 3 rings (SSSR count). The summed E-state index contributed by atoms with van der Waals surface area (Å²) < 4.78 is 0. The van der Waals surface area contributed by atoms with Crippen LogP contribution >= 0.6 is 0 Å². The number of hydrogen-bond acceptors (Lipinski definition) is 5. The van der Waals surface area contributed by atoms with Gasteiger partial charge in [0.25, 0.3) is 0 Å². The van der Waals surface area contributed by atoms with E-state index >= 15 is 0 Å². The normalized spacial score (nSPS) is 10.2. The average Bonchev–Trinajstić information content (AvgIpc) is 2.53. The topological polar surface area (TPSA) is 74.5 Å². The van der Waals surface area contributed by atoms with Gasteiger partial charge >= 0.3 is 0 Å². The van der Waals surface area contributed by atoms with Gasteiger partial charge < -0.3 is 5.32 Å². The van der Waals surface area contributed by atoms with E-state index in [2.05, 4.69) is 26.6 Å². The van der Waals surface area contributed by atoms with Gasteiger partial charge in [0.1, 0.15) is 5.52 Å². The Morgan fingerprint density at radius 3 is 2.45 bits per heavy atom. The first-order valence-corrected chi connectivity index (χ1v) is 6.17. The number of hydrogen-bond donors (Lipinski definition) is 1. The zero-order valence-corrected chi connectivity index (χ0v) is 10.6. The summed E-state index contributed by atoms with van der Waals surface area (Å²) in [4.78, 5) is 4.39. The van der Waals surface area contributed by atoms with Crippen LogP contribution in [0.1, 0.15) is 11.1 Å². The maximum atomic E-state index is 8.74. The van der Waals surface area contributed by atoms with Gasteiger partial charge in [0.2, 0.25) is 5.95 Å². The van der Waals surface area contributed by atoms with Crippen molar-refractivity contribution in [1.82, 2.24) is 15.2 Å². The molecule has 5 heteroatoms. The van der Waals surface area contributed by atoms with Crippen LogP contribution in [0.4, 0.5) is 5.95 Å². The van der Waals surface area contributed by atoms with Crippen molar-refractivity contribution in [3.8, 4) is 6.07 Å². The third-order valence-electron chi connectivity index (χ3n) is 2.89. The maximum absolute atomic E-state index is 8.74. The fraction of sp³-hybridized carbons (Fsp3) is 0.0667. The Hall–Kier alpha value is -3.00. The highest BCUT2D eigenvalue weighted by atomic mass is 15.2. The van der Waals surface area contributed by atoms with Crippen molar-refractivity contribution >= 4 is 17.0 Å². The van der Waals surface area contributed by atoms with Crippen LogP contribution in [0.3, 0.4) is 0 Å². The minimum absolute atomic E-state index is 0.494. The van der Waals surface area contributed by atoms with Crippen LogP contribution in [0.15, 0.2) is 48.5 Å². The van der Waals surface area contributed by atoms with Gasteiger partial charge in [0.05, 0.1) is 17.1 Å². The third-order valence-corrected chi connectivity index (χ3v) is 2.89. The summed E-state index contributed by atoms with van der Waals surface area (Å²) in [5.41, 5.74) is 3.29. The largest absolute Gasteiger partial charge is 0.349 e. The van der Waals surface area contributed by atoms with Gasteiger partial charge in [0.15, 0.2) is 0 Å². The number of anilines is 1. The molecule has 0 spiro atoms. The van der Waals surface area contributed by atoms with E-state index in [1.54, 1.807) is 12.1 Å². The highest BCUT2D eigenvalue weighted by Gasteiger charge is 2.01. The zero-order chi connectivity index (χ0) is 13.8. The van der Waals surface area contributed by atoms with Crippen molar-refractivity contribution in [1.29, 1.82) is 5.26 Å². The summed E-state index contributed by atoms with van der Waals surface area (Å²) in [7, 11) is 0. The predicted molar refractivity (Wildman–Crippen MR) is 75.8 cm³/mol. The lowest BCUT2D eigenvalue weighted by Crippen LogP contribution is -2.04. The first-order chi connectivity index (χ1) is 9.85. The van der Waals surface area contributed by atoms with E-state index < -0.39 is 0 Å². The highest BCUT2D eigenvalue weighted by molar-refractivity contribution is 5.74. The van der Waals surface area contributed by atoms with E-state index in [0.29, 0.717) is 18.1 Å². The Kier molecular flexibility index (Phi) is 3.21. The van der Waals surface area contributed by atoms with Gasteiger partial charge in [-0.3, -0.25) is 0 Å². The number of benzene rings is 2. The van der Waals surface area contributed by atoms with Crippen LogP contribution in [0.2, 0.25) is 0 Å². The van der Waals surface area contributed by atoms with Crippen LogP contribution in [0, 0.1) is 11.3 Å². The Balaban J connectivity index is 1.74. The molecule has 1 N–H and O–H groups in total. The summed E-state index contributed by atoms with van der Waals surface area (Å²) >= 11 is 0. The van der Waals surface area contributed by atoms with E-state index in [0.717, 1.165) is 16.6 Å². The van der Waals surface area contributed by atoms with Crippen molar-refractivity contribution in [2.75, 3.05) is 5.32 Å². The molecule has 0 saturated heterocycles. The standard InChI is InChI=1S/C15H11N5/c16-9-11-5-7-12(8-6-11)10-17-15-18-13-3-1-2-4-14(13)19-20-15/h1-8H,10H2,(H,17,18,20). The molecule has 0 bridgehead atoms. The van der Waals surface area contributed by atoms with Gasteiger partial charge in [-0.25, -0.2) is 4.98 Å². The van der Waals surface area contributed by atoms with Crippen LogP contribution < -0.4 is 5.32 Å². The van der Waals surface area contributed by atoms with Gasteiger partial charge in [-0.05, 0) is 29.8 Å². The molecular formula is C15H11N5. The van der Waals surface area contributed by atoms with E-state index in [1.165, 1.54) is 0 Å². The molecule has 0 fully saturated rings. The second-order valence-electron chi connectivity index (χ2n) is 4.29. The fourth-order valence-electron chi connectivity index (χ4n) is 1.83. The van der Waals surface area contributed by atoms with Crippen LogP contribution in [0.25, 0.3) is 11.0 Å². The summed E-state index contributed by atoms with van der Waals surface area (Å²) in [5.74, 6) is 0.494. The molecular weight excluding hydrogens is 250 g/mol. The van der Waals surface area contributed by atoms with Gasteiger partial charge in [0, 0.05) is 6.54 Å². The van der Waals surface area contributed by atoms with Crippen molar-refractivity contribution in [2.24, 2.45) is 0 Å². The number of fused-ring (bicyclic) bond motifs is 1. The van der Waals surface area contributed by atoms with Crippen LogP contribution in [0.5, 0.6) is 0 Å². The minimum atomic E-state index is 0.494. The van der Waals surface area contributed by atoms with Crippen LogP contribution in [-0.2, 0) is 6.54 Å². The molecule has 0 atom stereocenters. The number of nitrogens with one attached hydrogen (secondary N) is 1. The molecule has 0 aliphatic heterocycles. The molecule has 96 valence electrons. The SMILES string of the molecule is N#Cc1ccc(CNc2nnc3ccccc3n2)cc1. The Morgan fingerprint density at radius 1 is 0.950 bits per heavy atom. The lowest BCUT2D eigenvalue weighted by atomic mass is 10.1. The molecule has 3 aromatic rings. The lowest BCUT2D eigenvalue weighted by molar-refractivity contribution is 0.984. The summed E-state index contributed by atoms with van der Waals surface area (Å²) in [6.45, 7) is 0.589. The Morgan fingerprint density at radius 2 is 1.70 bits per heavy atom. The summed E-state index contributed by atoms with van der Waals surface area (Å²) in [6.07, 6.45) is 0. The minimum Gasteiger partial charge on any atom is -0.349 e. The summed E-state index contributed by atoms with van der Waals surface area (Å²) in [5, 5.41) is 20.0. The monoisotopic (exact) mass is 261 g/mol. The predicted octanol–water partition coefficient (Wildman–Crippen LogP) is 2.51. The molecule has 0 saturated carbocycles. The molecule has 2 aromatic carbocycles. The van der Waals surface area contributed by atoms with Crippen LogP contribution in [-0.4, -0.2) is 15.2 Å². The Labute approximate surface area is 115 Å². The number of nitrogens with zero attached hydrogens (tertiary/aromatic N) is 4. The van der Waals surface area contributed by atoms with Crippen molar-refractivity contribution in [2.45, 2.75) is 6.54 Å². The molecule has 1 heterocycles. The van der Waals surface area contributed by atoms with E-state index in [4.69, 9.17) is 5.26 Å². The molecule has 0 amide bonds. The van der Waals surface area contributed by atoms with Crippen molar-refractivity contribution < 1.29 is 0 Å². The molecule has 0 radical (unpaired) electrons. The summed E-state index contributed by atoms with van der Waals surface area (Å²) in [6, 6.07) is 17.1. The fourth-order valence-corrected chi connectivity index (χ4v) is 1.83. The molecule has 1 aromatic heterocycles. The third kappa shape index (κ3) is 2.54. The average molecular weight is 261 g/mol. The molecule has 0 aliphatic carbocycles. The van der Waals surface area contributed by atoms with Gasteiger partial charge in [-0.15, -0.1) is 10.2 Å². The number of aromatic nitrogens is 3. The number of nitriles is 1. The first kappa shape index (κ1) is 12.1. The van der Waals surface area contributed by atoms with E-state index in [1.807, 2.05) is 36.4 Å². The van der Waals surface area contributed by atoms with Crippen molar-refractivity contribution in [3.63, 3.8) is 0 Å². The lowest BCUT2D eigenvalue weighted by Gasteiger charge is -2.05. The van der Waals surface area contributed by atoms with Crippen molar-refractivity contribution in [3.05, 3.63) is 59.7 Å².